The van der Waals surface area contributed by atoms with Gasteiger partial charge < -0.3 is 4.74 Å². The Morgan fingerprint density at radius 3 is 2.58 bits per heavy atom. The largest absolute Gasteiger partial charge is 0.497 e. The molecule has 0 saturated heterocycles. The summed E-state index contributed by atoms with van der Waals surface area (Å²) in [5.74, 6) is 0.528. The molecule has 0 fully saturated rings. The lowest BCUT2D eigenvalue weighted by Crippen LogP contribution is -2.11. The van der Waals surface area contributed by atoms with Gasteiger partial charge in [0.2, 0.25) is 0 Å². The van der Waals surface area contributed by atoms with E-state index in [9.17, 15) is 4.79 Å². The van der Waals surface area contributed by atoms with Gasteiger partial charge >= 0.3 is 0 Å². The van der Waals surface area contributed by atoms with E-state index in [4.69, 9.17) is 4.74 Å². The van der Waals surface area contributed by atoms with Crippen molar-refractivity contribution in [2.24, 2.45) is 0 Å². The lowest BCUT2D eigenvalue weighted by atomic mass is 10.0. The number of hydrogen-bond donors (Lipinski definition) is 1. The molecule has 0 saturated carbocycles. The number of thiazole rings is 1. The third-order valence-corrected chi connectivity index (χ3v) is 4.90. The van der Waals surface area contributed by atoms with Crippen LogP contribution in [0.15, 0.2) is 72.1 Å². The number of anilines is 1. The Balaban J connectivity index is 1.58. The second-order valence-electron chi connectivity index (χ2n) is 5.75. The van der Waals surface area contributed by atoms with Gasteiger partial charge in [-0.25, -0.2) is 4.98 Å². The molecule has 0 spiro atoms. The normalized spacial score (nSPS) is 10.7. The minimum atomic E-state index is -0.188. The third-order valence-electron chi connectivity index (χ3n) is 4.14. The van der Waals surface area contributed by atoms with Gasteiger partial charge in [-0.05, 0) is 35.0 Å². The van der Waals surface area contributed by atoms with Crippen LogP contribution in [0.3, 0.4) is 0 Å². The molecule has 1 heterocycles. The summed E-state index contributed by atoms with van der Waals surface area (Å²) in [5, 5.41) is 7.72. The SMILES string of the molecule is COc1ccc(C(=O)Nc2nc(-c3cccc4ccccc34)cs2)cc1. The first kappa shape index (κ1) is 16.3. The van der Waals surface area contributed by atoms with Crippen LogP contribution in [0.1, 0.15) is 10.4 Å². The van der Waals surface area contributed by atoms with E-state index in [1.807, 2.05) is 29.6 Å². The Hall–Kier alpha value is -3.18. The van der Waals surface area contributed by atoms with Crippen molar-refractivity contribution in [2.45, 2.75) is 0 Å². The number of rotatable bonds is 4. The highest BCUT2D eigenvalue weighted by atomic mass is 32.1. The van der Waals surface area contributed by atoms with Crippen molar-refractivity contribution in [3.63, 3.8) is 0 Å². The van der Waals surface area contributed by atoms with E-state index in [2.05, 4.69) is 28.5 Å². The summed E-state index contributed by atoms with van der Waals surface area (Å²) < 4.78 is 5.11. The molecule has 1 aromatic heterocycles. The fourth-order valence-electron chi connectivity index (χ4n) is 2.82. The molecule has 0 aliphatic carbocycles. The highest BCUT2D eigenvalue weighted by Crippen LogP contribution is 2.31. The molecule has 0 radical (unpaired) electrons. The number of fused-ring (bicyclic) bond motifs is 1. The summed E-state index contributed by atoms with van der Waals surface area (Å²) in [5.41, 5.74) is 2.48. The van der Waals surface area contributed by atoms with Crippen molar-refractivity contribution >= 4 is 33.1 Å². The molecule has 4 rings (SSSR count). The first-order chi connectivity index (χ1) is 12.7. The molecule has 4 aromatic rings. The molecule has 0 aliphatic rings. The van der Waals surface area contributed by atoms with Gasteiger partial charge in [0.15, 0.2) is 5.13 Å². The zero-order valence-electron chi connectivity index (χ0n) is 14.1. The molecular weight excluding hydrogens is 344 g/mol. The molecule has 5 heteroatoms. The standard InChI is InChI=1S/C21H16N2O2S/c1-25-16-11-9-15(10-12-16)20(24)23-21-22-19(13-26-21)18-8-4-6-14-5-2-3-7-17(14)18/h2-13H,1H3,(H,22,23,24). The van der Waals surface area contributed by atoms with E-state index in [-0.39, 0.29) is 5.91 Å². The minimum absolute atomic E-state index is 0.188. The van der Waals surface area contributed by atoms with E-state index in [0.29, 0.717) is 16.4 Å². The van der Waals surface area contributed by atoms with Gasteiger partial charge in [-0.3, -0.25) is 10.1 Å². The number of ether oxygens (including phenoxy) is 1. The number of benzene rings is 3. The van der Waals surface area contributed by atoms with Crippen LogP contribution in [0, 0.1) is 0 Å². The summed E-state index contributed by atoms with van der Waals surface area (Å²) in [4.78, 5) is 17.0. The van der Waals surface area contributed by atoms with Crippen LogP contribution in [0.5, 0.6) is 5.75 Å². The molecule has 128 valence electrons. The molecule has 0 aliphatic heterocycles. The molecule has 0 bridgehead atoms. The van der Waals surface area contributed by atoms with Crippen LogP contribution in [0.2, 0.25) is 0 Å². The third kappa shape index (κ3) is 3.17. The maximum absolute atomic E-state index is 12.4. The molecule has 26 heavy (non-hydrogen) atoms. The minimum Gasteiger partial charge on any atom is -0.497 e. The summed E-state index contributed by atoms with van der Waals surface area (Å²) in [6.45, 7) is 0. The number of methoxy groups -OCH3 is 1. The van der Waals surface area contributed by atoms with Crippen LogP contribution in [0.4, 0.5) is 5.13 Å². The zero-order chi connectivity index (χ0) is 17.9. The van der Waals surface area contributed by atoms with E-state index in [1.54, 1.807) is 31.4 Å². The second kappa shape index (κ2) is 6.98. The van der Waals surface area contributed by atoms with Gasteiger partial charge in [-0.15, -0.1) is 11.3 Å². The number of aromatic nitrogens is 1. The van der Waals surface area contributed by atoms with Crippen LogP contribution < -0.4 is 10.1 Å². The molecule has 3 aromatic carbocycles. The van der Waals surface area contributed by atoms with Crippen LogP contribution >= 0.6 is 11.3 Å². The summed E-state index contributed by atoms with van der Waals surface area (Å²) in [6, 6.07) is 21.3. The van der Waals surface area contributed by atoms with Crippen molar-refractivity contribution in [3.05, 3.63) is 77.7 Å². The van der Waals surface area contributed by atoms with Gasteiger partial charge in [0.05, 0.1) is 12.8 Å². The predicted molar refractivity (Wildman–Crippen MR) is 106 cm³/mol. The monoisotopic (exact) mass is 360 g/mol. The van der Waals surface area contributed by atoms with Crippen LogP contribution in [0.25, 0.3) is 22.0 Å². The van der Waals surface area contributed by atoms with E-state index in [1.165, 1.54) is 16.7 Å². The topological polar surface area (TPSA) is 51.2 Å². The first-order valence-corrected chi connectivity index (χ1v) is 9.01. The molecular formula is C21H16N2O2S. The maximum atomic E-state index is 12.4. The Labute approximate surface area is 155 Å². The lowest BCUT2D eigenvalue weighted by molar-refractivity contribution is 0.102. The quantitative estimate of drug-likeness (QED) is 0.542. The number of hydrogen-bond acceptors (Lipinski definition) is 4. The summed E-state index contributed by atoms with van der Waals surface area (Å²) in [7, 11) is 1.60. The Bertz CT molecular complexity index is 1070. The number of carbonyl (C=O) groups is 1. The lowest BCUT2D eigenvalue weighted by Gasteiger charge is -2.04. The zero-order valence-corrected chi connectivity index (χ0v) is 14.9. The van der Waals surface area contributed by atoms with Gasteiger partial charge in [0.1, 0.15) is 5.75 Å². The van der Waals surface area contributed by atoms with Crippen LogP contribution in [-0.2, 0) is 0 Å². The second-order valence-corrected chi connectivity index (χ2v) is 6.61. The van der Waals surface area contributed by atoms with E-state index in [0.717, 1.165) is 16.6 Å². The Morgan fingerprint density at radius 1 is 1.00 bits per heavy atom. The number of nitrogens with zero attached hydrogens (tertiary/aromatic N) is 1. The van der Waals surface area contributed by atoms with Gasteiger partial charge in [0.25, 0.3) is 5.91 Å². The Kier molecular flexibility index (Phi) is 4.37. The van der Waals surface area contributed by atoms with Crippen molar-refractivity contribution < 1.29 is 9.53 Å². The highest BCUT2D eigenvalue weighted by molar-refractivity contribution is 7.14. The molecule has 0 unspecified atom stereocenters. The maximum Gasteiger partial charge on any atom is 0.257 e. The van der Waals surface area contributed by atoms with Gasteiger partial charge in [-0.1, -0.05) is 42.5 Å². The molecule has 4 nitrogen and oxygen atoms in total. The van der Waals surface area contributed by atoms with E-state index < -0.39 is 0 Å². The summed E-state index contributed by atoms with van der Waals surface area (Å²) >= 11 is 1.42. The van der Waals surface area contributed by atoms with Gasteiger partial charge in [0, 0.05) is 16.5 Å². The van der Waals surface area contributed by atoms with Crippen LogP contribution in [-0.4, -0.2) is 18.0 Å². The van der Waals surface area contributed by atoms with Crippen molar-refractivity contribution in [1.29, 1.82) is 0 Å². The number of amides is 1. The van der Waals surface area contributed by atoms with E-state index >= 15 is 0 Å². The number of carbonyl (C=O) groups excluding carboxylic acids is 1. The molecule has 1 N–H and O–H groups in total. The fourth-order valence-corrected chi connectivity index (χ4v) is 3.52. The van der Waals surface area contributed by atoms with Gasteiger partial charge in [-0.2, -0.15) is 0 Å². The Morgan fingerprint density at radius 2 is 1.77 bits per heavy atom. The summed E-state index contributed by atoms with van der Waals surface area (Å²) in [6.07, 6.45) is 0. The highest BCUT2D eigenvalue weighted by Gasteiger charge is 2.11. The molecule has 1 amide bonds. The average Bonchev–Trinajstić information content (AvgIpc) is 3.15. The smallest absolute Gasteiger partial charge is 0.257 e. The molecule has 0 atom stereocenters. The fraction of sp³-hybridized carbons (Fsp3) is 0.0476. The first-order valence-electron chi connectivity index (χ1n) is 8.13. The predicted octanol–water partition coefficient (Wildman–Crippen LogP) is 5.22. The van der Waals surface area contributed by atoms with Crippen molar-refractivity contribution in [1.82, 2.24) is 4.98 Å². The van der Waals surface area contributed by atoms with Crippen molar-refractivity contribution in [2.75, 3.05) is 12.4 Å². The number of nitrogens with one attached hydrogen (secondary N) is 1. The van der Waals surface area contributed by atoms with Crippen molar-refractivity contribution in [3.8, 4) is 17.0 Å². The average molecular weight is 360 g/mol.